The molecule has 2 rings (SSSR count). The second-order valence-electron chi connectivity index (χ2n) is 3.24. The molecule has 2 aliphatic heterocycles. The summed E-state index contributed by atoms with van der Waals surface area (Å²) in [6, 6.07) is 2.11. The highest BCUT2D eigenvalue weighted by Crippen LogP contribution is 2.45. The number of rotatable bonds is 1. The maximum atomic E-state index is 8.56. The highest BCUT2D eigenvalue weighted by molar-refractivity contribution is 5.16. The van der Waals surface area contributed by atoms with Crippen LogP contribution in [0.4, 0.5) is 0 Å². The maximum Gasteiger partial charge on any atom is 0.176 e. The topological polar surface area (TPSA) is 45.5 Å². The van der Waals surface area contributed by atoms with Gasteiger partial charge in [0.1, 0.15) is 5.60 Å². The number of hydrogen-bond donors (Lipinski definition) is 0. The molecular formula is C8H11NO2. The van der Waals surface area contributed by atoms with E-state index in [-0.39, 0.29) is 11.7 Å². The van der Waals surface area contributed by atoms with E-state index in [1.165, 1.54) is 0 Å². The van der Waals surface area contributed by atoms with E-state index < -0.39 is 0 Å². The quantitative estimate of drug-likeness (QED) is 0.524. The van der Waals surface area contributed by atoms with Crippen molar-refractivity contribution >= 4 is 0 Å². The van der Waals surface area contributed by atoms with Gasteiger partial charge >= 0.3 is 0 Å². The third-order valence-corrected chi connectivity index (χ3v) is 2.48. The average molecular weight is 153 g/mol. The molecule has 2 fully saturated rings. The van der Waals surface area contributed by atoms with Crippen LogP contribution >= 0.6 is 0 Å². The number of nitriles is 1. The van der Waals surface area contributed by atoms with Crippen molar-refractivity contribution in [1.29, 1.82) is 5.26 Å². The molecule has 0 saturated carbocycles. The minimum Gasteiger partial charge on any atom is -0.375 e. The van der Waals surface area contributed by atoms with Crippen molar-refractivity contribution in [2.24, 2.45) is 0 Å². The Bertz CT molecular complexity index is 211. The zero-order chi connectivity index (χ0) is 7.90. The second kappa shape index (κ2) is 2.20. The van der Waals surface area contributed by atoms with Crippen LogP contribution in [0, 0.1) is 11.3 Å². The molecule has 0 aliphatic carbocycles. The lowest BCUT2D eigenvalue weighted by atomic mass is 10.0. The molecule has 0 bridgehead atoms. The molecule has 3 heteroatoms. The fraction of sp³-hybridized carbons (Fsp3) is 0.875. The van der Waals surface area contributed by atoms with Crippen molar-refractivity contribution in [3.63, 3.8) is 0 Å². The summed E-state index contributed by atoms with van der Waals surface area (Å²) in [5, 5.41) is 8.56. The fourth-order valence-corrected chi connectivity index (χ4v) is 1.63. The third kappa shape index (κ3) is 0.943. The van der Waals surface area contributed by atoms with Crippen molar-refractivity contribution in [3.05, 3.63) is 0 Å². The van der Waals surface area contributed by atoms with E-state index in [0.717, 1.165) is 12.8 Å². The van der Waals surface area contributed by atoms with Crippen LogP contribution in [-0.2, 0) is 9.47 Å². The first-order valence-electron chi connectivity index (χ1n) is 4.00. The van der Waals surface area contributed by atoms with Gasteiger partial charge in [-0.25, -0.2) is 0 Å². The summed E-state index contributed by atoms with van der Waals surface area (Å²) in [6.45, 7) is 2.71. The Morgan fingerprint density at radius 3 is 3.00 bits per heavy atom. The summed E-state index contributed by atoms with van der Waals surface area (Å²) in [5.74, 6) is 0. The number of epoxide rings is 1. The summed E-state index contributed by atoms with van der Waals surface area (Å²) in [4.78, 5) is 0. The highest BCUT2D eigenvalue weighted by Gasteiger charge is 2.61. The molecule has 0 radical (unpaired) electrons. The third-order valence-electron chi connectivity index (χ3n) is 2.48. The molecule has 3 nitrogen and oxygen atoms in total. The molecule has 2 aliphatic rings. The lowest BCUT2D eigenvalue weighted by Gasteiger charge is -2.01. The Hall–Kier alpha value is -0.590. The van der Waals surface area contributed by atoms with Gasteiger partial charge in [0.15, 0.2) is 6.10 Å². The average Bonchev–Trinajstić information content (AvgIpc) is 2.53. The first-order valence-corrected chi connectivity index (χ1v) is 4.00. The van der Waals surface area contributed by atoms with Gasteiger partial charge in [-0.1, -0.05) is 6.92 Å². The maximum absolute atomic E-state index is 8.56. The largest absolute Gasteiger partial charge is 0.375 e. The molecule has 60 valence electrons. The van der Waals surface area contributed by atoms with E-state index in [2.05, 4.69) is 13.0 Å². The van der Waals surface area contributed by atoms with Gasteiger partial charge in [0, 0.05) is 6.42 Å². The molecule has 0 aromatic carbocycles. The molecule has 1 spiro atoms. The molecule has 0 aromatic heterocycles. The molecule has 3 atom stereocenters. The summed E-state index contributed by atoms with van der Waals surface area (Å²) in [6.07, 6.45) is 2.04. The molecule has 2 heterocycles. The van der Waals surface area contributed by atoms with Gasteiger partial charge in [-0.2, -0.15) is 5.26 Å². The van der Waals surface area contributed by atoms with E-state index in [0.29, 0.717) is 12.7 Å². The molecule has 0 aromatic rings. The van der Waals surface area contributed by atoms with Gasteiger partial charge in [-0.15, -0.1) is 0 Å². The molecule has 0 N–H and O–H groups in total. The Morgan fingerprint density at radius 1 is 1.73 bits per heavy atom. The van der Waals surface area contributed by atoms with Crippen molar-refractivity contribution in [2.45, 2.75) is 37.6 Å². The van der Waals surface area contributed by atoms with E-state index in [4.69, 9.17) is 14.7 Å². The zero-order valence-corrected chi connectivity index (χ0v) is 6.54. The number of nitrogens with zero attached hydrogens (tertiary/aromatic N) is 1. The van der Waals surface area contributed by atoms with Crippen LogP contribution < -0.4 is 0 Å². The lowest BCUT2D eigenvalue weighted by molar-refractivity contribution is 0.100. The minimum absolute atomic E-state index is 0.195. The number of hydrogen-bond acceptors (Lipinski definition) is 3. The highest BCUT2D eigenvalue weighted by atomic mass is 16.6. The molecule has 0 amide bonds. The summed E-state index contributed by atoms with van der Waals surface area (Å²) in [7, 11) is 0. The summed E-state index contributed by atoms with van der Waals surface area (Å²) >= 11 is 0. The van der Waals surface area contributed by atoms with E-state index in [1.54, 1.807) is 0 Å². The second-order valence-corrected chi connectivity index (χ2v) is 3.24. The number of ether oxygens (including phenoxy) is 2. The van der Waals surface area contributed by atoms with Gasteiger partial charge in [-0.3, -0.25) is 0 Å². The van der Waals surface area contributed by atoms with Crippen LogP contribution in [0.2, 0.25) is 0 Å². The normalized spacial score (nSPS) is 47.6. The van der Waals surface area contributed by atoms with Crippen LogP contribution in [0.15, 0.2) is 0 Å². The standard InChI is InChI=1S/C8H11NO2/c1-2-6-3-8(5-10-6)7(4-9)11-8/h6-7H,2-3,5H2,1H3. The van der Waals surface area contributed by atoms with E-state index >= 15 is 0 Å². The smallest absolute Gasteiger partial charge is 0.176 e. The van der Waals surface area contributed by atoms with Crippen LogP contribution in [0.25, 0.3) is 0 Å². The van der Waals surface area contributed by atoms with Gasteiger partial charge in [0.25, 0.3) is 0 Å². The predicted octanol–water partition coefficient (Wildman–Crippen LogP) is 0.846. The van der Waals surface area contributed by atoms with Gasteiger partial charge in [-0.05, 0) is 6.42 Å². The van der Waals surface area contributed by atoms with E-state index in [1.807, 2.05) is 0 Å². The van der Waals surface area contributed by atoms with Crippen molar-refractivity contribution in [2.75, 3.05) is 6.61 Å². The molecule has 11 heavy (non-hydrogen) atoms. The zero-order valence-electron chi connectivity index (χ0n) is 6.54. The van der Waals surface area contributed by atoms with Crippen molar-refractivity contribution in [1.82, 2.24) is 0 Å². The first-order chi connectivity index (χ1) is 5.30. The summed E-state index contributed by atoms with van der Waals surface area (Å²) < 4.78 is 10.7. The van der Waals surface area contributed by atoms with Gasteiger partial charge in [0.2, 0.25) is 0 Å². The lowest BCUT2D eigenvalue weighted by Crippen LogP contribution is -2.14. The van der Waals surface area contributed by atoms with Crippen LogP contribution in [0.5, 0.6) is 0 Å². The predicted molar refractivity (Wildman–Crippen MR) is 37.9 cm³/mol. The van der Waals surface area contributed by atoms with Crippen LogP contribution in [-0.4, -0.2) is 24.4 Å². The Balaban J connectivity index is 1.97. The SMILES string of the molecule is CCC1CC2(CO1)OC2C#N. The van der Waals surface area contributed by atoms with Gasteiger partial charge < -0.3 is 9.47 Å². The Morgan fingerprint density at radius 2 is 2.55 bits per heavy atom. The first kappa shape index (κ1) is 7.08. The van der Waals surface area contributed by atoms with E-state index in [9.17, 15) is 0 Å². The fourth-order valence-electron chi connectivity index (χ4n) is 1.63. The van der Waals surface area contributed by atoms with Crippen molar-refractivity contribution < 1.29 is 9.47 Å². The minimum atomic E-state index is -0.199. The van der Waals surface area contributed by atoms with Crippen LogP contribution in [0.1, 0.15) is 19.8 Å². The van der Waals surface area contributed by atoms with Crippen molar-refractivity contribution in [3.8, 4) is 6.07 Å². The van der Waals surface area contributed by atoms with Gasteiger partial charge in [0.05, 0.1) is 18.8 Å². The molecule has 3 unspecified atom stereocenters. The monoisotopic (exact) mass is 153 g/mol. The molecular weight excluding hydrogens is 142 g/mol. The molecule has 2 saturated heterocycles. The summed E-state index contributed by atoms with van der Waals surface area (Å²) in [5.41, 5.74) is -0.199. The van der Waals surface area contributed by atoms with Crippen LogP contribution in [0.3, 0.4) is 0 Å². The Kier molecular flexibility index (Phi) is 1.41. The Labute approximate surface area is 65.9 Å².